The number of ether oxygens (including phenoxy) is 1. The molecule has 0 aliphatic carbocycles. The second kappa shape index (κ2) is 6.89. The molecule has 1 fully saturated rings. The van der Waals surface area contributed by atoms with Gasteiger partial charge in [0, 0.05) is 30.6 Å². The molecule has 1 aliphatic heterocycles. The Balaban J connectivity index is 1.74. The number of hydrogen-bond donors (Lipinski definition) is 1. The lowest BCUT2D eigenvalue weighted by atomic mass is 10.1. The molecule has 19 heavy (non-hydrogen) atoms. The molecule has 1 heterocycles. The first kappa shape index (κ1) is 14.3. The van der Waals surface area contributed by atoms with Crippen molar-refractivity contribution >= 4 is 17.5 Å². The number of aliphatic hydroxyl groups excluding tert-OH is 1. The maximum atomic E-state index is 11.9. The molecule has 0 radical (unpaired) electrons. The van der Waals surface area contributed by atoms with Gasteiger partial charge in [0.2, 0.25) is 5.91 Å². The van der Waals surface area contributed by atoms with E-state index in [0.29, 0.717) is 24.7 Å². The van der Waals surface area contributed by atoms with Gasteiger partial charge in [0.15, 0.2) is 0 Å². The molecule has 0 aromatic heterocycles. The van der Waals surface area contributed by atoms with Crippen LogP contribution in [0.1, 0.15) is 12.0 Å². The minimum absolute atomic E-state index is 0.0250. The molecule has 0 bridgehead atoms. The maximum Gasteiger partial charge on any atom is 0.248 e. The monoisotopic (exact) mass is 283 g/mol. The molecular weight excluding hydrogens is 266 g/mol. The van der Waals surface area contributed by atoms with Crippen molar-refractivity contribution in [1.82, 2.24) is 4.90 Å². The van der Waals surface area contributed by atoms with Crippen molar-refractivity contribution in [2.45, 2.75) is 13.0 Å². The molecule has 2 rings (SSSR count). The molecule has 1 aliphatic rings. The highest BCUT2D eigenvalue weighted by molar-refractivity contribution is 6.31. The second-order valence-electron chi connectivity index (χ2n) is 4.76. The second-order valence-corrected chi connectivity index (χ2v) is 5.17. The number of amides is 1. The van der Waals surface area contributed by atoms with E-state index >= 15 is 0 Å². The third-order valence-corrected chi connectivity index (χ3v) is 3.71. The largest absolute Gasteiger partial charge is 0.396 e. The van der Waals surface area contributed by atoms with Crippen LogP contribution < -0.4 is 0 Å². The third kappa shape index (κ3) is 3.93. The summed E-state index contributed by atoms with van der Waals surface area (Å²) < 4.78 is 5.41. The van der Waals surface area contributed by atoms with Crippen LogP contribution in [0.15, 0.2) is 24.3 Å². The average molecular weight is 284 g/mol. The molecule has 104 valence electrons. The van der Waals surface area contributed by atoms with Gasteiger partial charge < -0.3 is 14.7 Å². The van der Waals surface area contributed by atoms with Crippen molar-refractivity contribution in [2.75, 3.05) is 26.3 Å². The minimum atomic E-state index is -0.0250. The van der Waals surface area contributed by atoms with E-state index in [1.165, 1.54) is 0 Å². The summed E-state index contributed by atoms with van der Waals surface area (Å²) in [5.74, 6) is 0.190. The summed E-state index contributed by atoms with van der Waals surface area (Å²) in [6.45, 7) is 1.88. The van der Waals surface area contributed by atoms with E-state index in [0.717, 1.165) is 12.0 Å². The van der Waals surface area contributed by atoms with Gasteiger partial charge in [-0.25, -0.2) is 0 Å². The van der Waals surface area contributed by atoms with Crippen LogP contribution >= 0.6 is 11.6 Å². The number of likely N-dealkylation sites (tertiary alicyclic amines) is 1. The fraction of sp³-hybridized carbons (Fsp3) is 0.500. The van der Waals surface area contributed by atoms with Gasteiger partial charge >= 0.3 is 0 Å². The molecule has 1 aromatic carbocycles. The molecule has 0 spiro atoms. The molecule has 1 unspecified atom stereocenters. The lowest BCUT2D eigenvalue weighted by Gasteiger charge is -2.16. The van der Waals surface area contributed by atoms with Crippen LogP contribution in [0.3, 0.4) is 0 Å². The van der Waals surface area contributed by atoms with Crippen LogP contribution in [-0.2, 0) is 16.1 Å². The van der Waals surface area contributed by atoms with Gasteiger partial charge in [-0.2, -0.15) is 0 Å². The third-order valence-electron chi connectivity index (χ3n) is 3.34. The van der Waals surface area contributed by atoms with Crippen LogP contribution in [0.4, 0.5) is 0 Å². The number of carbonyl (C=O) groups excluding carboxylic acids is 1. The Bertz CT molecular complexity index is 438. The molecular formula is C14H18ClNO3. The van der Waals surface area contributed by atoms with E-state index in [1.807, 2.05) is 18.2 Å². The van der Waals surface area contributed by atoms with Crippen molar-refractivity contribution in [2.24, 2.45) is 5.92 Å². The number of aliphatic hydroxyl groups is 1. The summed E-state index contributed by atoms with van der Waals surface area (Å²) in [6.07, 6.45) is 0.868. The van der Waals surface area contributed by atoms with E-state index < -0.39 is 0 Å². The normalized spacial score (nSPS) is 18.8. The van der Waals surface area contributed by atoms with Gasteiger partial charge in [-0.1, -0.05) is 29.8 Å². The number of carbonyl (C=O) groups is 1. The Morgan fingerprint density at radius 1 is 1.47 bits per heavy atom. The predicted molar refractivity (Wildman–Crippen MR) is 72.9 cm³/mol. The zero-order valence-corrected chi connectivity index (χ0v) is 11.5. The molecule has 0 saturated carbocycles. The first-order chi connectivity index (χ1) is 9.20. The first-order valence-electron chi connectivity index (χ1n) is 6.40. The standard InChI is InChI=1S/C14H18ClNO3/c15-13-4-2-1-3-12(13)9-19-10-14(18)16-6-5-11(7-16)8-17/h1-4,11,17H,5-10H2. The topological polar surface area (TPSA) is 49.8 Å². The van der Waals surface area contributed by atoms with Crippen molar-refractivity contribution in [3.05, 3.63) is 34.9 Å². The first-order valence-corrected chi connectivity index (χ1v) is 6.78. The molecule has 5 heteroatoms. The minimum Gasteiger partial charge on any atom is -0.396 e. The highest BCUT2D eigenvalue weighted by atomic mass is 35.5. The molecule has 1 atom stereocenters. The number of rotatable bonds is 5. The molecule has 1 N–H and O–H groups in total. The summed E-state index contributed by atoms with van der Waals surface area (Å²) >= 11 is 6.00. The van der Waals surface area contributed by atoms with Crippen LogP contribution in [0.5, 0.6) is 0 Å². The van der Waals surface area contributed by atoms with E-state index in [-0.39, 0.29) is 25.0 Å². The smallest absolute Gasteiger partial charge is 0.248 e. The summed E-state index contributed by atoms with van der Waals surface area (Å²) in [4.78, 5) is 13.6. The van der Waals surface area contributed by atoms with Gasteiger partial charge in [0.05, 0.1) is 6.61 Å². The Morgan fingerprint density at radius 3 is 2.95 bits per heavy atom. The molecule has 4 nitrogen and oxygen atoms in total. The Labute approximate surface area is 117 Å². The van der Waals surface area contributed by atoms with Crippen LogP contribution in [0.25, 0.3) is 0 Å². The number of hydrogen-bond acceptors (Lipinski definition) is 3. The van der Waals surface area contributed by atoms with E-state index in [4.69, 9.17) is 21.4 Å². The lowest BCUT2D eigenvalue weighted by Crippen LogP contribution is -2.32. The molecule has 1 amide bonds. The van der Waals surface area contributed by atoms with Gasteiger partial charge in [-0.05, 0) is 18.1 Å². The fourth-order valence-electron chi connectivity index (χ4n) is 2.16. The average Bonchev–Trinajstić information content (AvgIpc) is 2.90. The zero-order chi connectivity index (χ0) is 13.7. The van der Waals surface area contributed by atoms with Crippen molar-refractivity contribution in [1.29, 1.82) is 0 Å². The van der Waals surface area contributed by atoms with Crippen LogP contribution in [0, 0.1) is 5.92 Å². The Hall–Kier alpha value is -1.10. The van der Waals surface area contributed by atoms with Crippen molar-refractivity contribution < 1.29 is 14.6 Å². The van der Waals surface area contributed by atoms with Crippen LogP contribution in [0.2, 0.25) is 5.02 Å². The van der Waals surface area contributed by atoms with Gasteiger partial charge in [0.1, 0.15) is 6.61 Å². The number of benzene rings is 1. The lowest BCUT2D eigenvalue weighted by molar-refractivity contribution is -0.135. The SMILES string of the molecule is O=C(COCc1ccccc1Cl)N1CCC(CO)C1. The highest BCUT2D eigenvalue weighted by Crippen LogP contribution is 2.17. The maximum absolute atomic E-state index is 11.9. The van der Waals surface area contributed by atoms with Crippen molar-refractivity contribution in [3.8, 4) is 0 Å². The Morgan fingerprint density at radius 2 is 2.26 bits per heavy atom. The molecule has 1 saturated heterocycles. The fourth-order valence-corrected chi connectivity index (χ4v) is 2.35. The molecule has 1 aromatic rings. The van der Waals surface area contributed by atoms with Gasteiger partial charge in [-0.3, -0.25) is 4.79 Å². The van der Waals surface area contributed by atoms with Crippen LogP contribution in [-0.4, -0.2) is 42.2 Å². The van der Waals surface area contributed by atoms with Gasteiger partial charge in [0.25, 0.3) is 0 Å². The predicted octanol–water partition coefficient (Wildman–Crippen LogP) is 1.70. The van der Waals surface area contributed by atoms with E-state index in [2.05, 4.69) is 0 Å². The summed E-state index contributed by atoms with van der Waals surface area (Å²) in [5, 5.41) is 9.69. The number of halogens is 1. The van der Waals surface area contributed by atoms with Crippen molar-refractivity contribution in [3.63, 3.8) is 0 Å². The Kier molecular flexibility index (Phi) is 5.19. The van der Waals surface area contributed by atoms with E-state index in [1.54, 1.807) is 11.0 Å². The zero-order valence-electron chi connectivity index (χ0n) is 10.7. The van der Waals surface area contributed by atoms with E-state index in [9.17, 15) is 4.79 Å². The summed E-state index contributed by atoms with van der Waals surface area (Å²) in [5.41, 5.74) is 0.881. The summed E-state index contributed by atoms with van der Waals surface area (Å²) in [7, 11) is 0. The quantitative estimate of drug-likeness (QED) is 0.895. The highest BCUT2D eigenvalue weighted by Gasteiger charge is 2.25. The van der Waals surface area contributed by atoms with Gasteiger partial charge in [-0.15, -0.1) is 0 Å². The number of nitrogens with zero attached hydrogens (tertiary/aromatic N) is 1. The summed E-state index contributed by atoms with van der Waals surface area (Å²) in [6, 6.07) is 7.42.